The van der Waals surface area contributed by atoms with Gasteiger partial charge in [0.15, 0.2) is 0 Å². The van der Waals surface area contributed by atoms with Gasteiger partial charge < -0.3 is 24.5 Å². The van der Waals surface area contributed by atoms with Crippen LogP contribution in [0.5, 0.6) is 0 Å². The van der Waals surface area contributed by atoms with Gasteiger partial charge in [0, 0.05) is 6.54 Å². The summed E-state index contributed by atoms with van der Waals surface area (Å²) in [6.07, 6.45) is -0.440. The predicted molar refractivity (Wildman–Crippen MR) is 90.0 cm³/mol. The van der Waals surface area contributed by atoms with Crippen molar-refractivity contribution in [2.45, 2.75) is 65.2 Å². The van der Waals surface area contributed by atoms with Gasteiger partial charge in [-0.25, -0.2) is 9.59 Å². The van der Waals surface area contributed by atoms with Crippen LogP contribution in [0.15, 0.2) is 5.16 Å². The van der Waals surface area contributed by atoms with Gasteiger partial charge in [-0.3, -0.25) is 0 Å². The second-order valence-corrected chi connectivity index (χ2v) is 7.65. The second-order valence-electron chi connectivity index (χ2n) is 7.65. The number of piperidine rings is 1. The normalized spacial score (nSPS) is 20.5. The van der Waals surface area contributed by atoms with Crippen LogP contribution in [-0.2, 0) is 14.3 Å². The Labute approximate surface area is 143 Å². The van der Waals surface area contributed by atoms with Gasteiger partial charge in [-0.2, -0.15) is 0 Å². The molecule has 1 rings (SSSR count). The van der Waals surface area contributed by atoms with E-state index in [4.69, 9.17) is 14.3 Å². The zero-order valence-corrected chi connectivity index (χ0v) is 15.6. The molecular formula is C16H29N3O5. The molecule has 138 valence electrons. The maximum Gasteiger partial charge on any atom is 0.410 e. The minimum Gasteiger partial charge on any atom is -0.444 e. The van der Waals surface area contributed by atoms with E-state index >= 15 is 0 Å². The van der Waals surface area contributed by atoms with E-state index in [1.165, 1.54) is 12.0 Å². The lowest BCUT2D eigenvalue weighted by Gasteiger charge is -2.34. The third kappa shape index (κ3) is 7.06. The average molecular weight is 343 g/mol. The van der Waals surface area contributed by atoms with Gasteiger partial charge in [0.05, 0.1) is 18.3 Å². The molecule has 0 aromatic heterocycles. The molecule has 24 heavy (non-hydrogen) atoms. The first-order valence-corrected chi connectivity index (χ1v) is 7.98. The quantitative estimate of drug-likeness (QED) is 0.778. The van der Waals surface area contributed by atoms with E-state index in [2.05, 4.69) is 10.5 Å². The Morgan fingerprint density at radius 3 is 2.21 bits per heavy atom. The number of likely N-dealkylation sites (tertiary alicyclic amines) is 1. The SMILES string of the molecule is CO/N=C1\CN(C(=O)OC(C)(C)C)CCC1NC(=O)OC(C)(C)C. The zero-order chi connectivity index (χ0) is 18.5. The Hall–Kier alpha value is -1.99. The van der Waals surface area contributed by atoms with Crippen LogP contribution in [0, 0.1) is 0 Å². The molecule has 0 aromatic carbocycles. The second kappa shape index (κ2) is 7.72. The maximum absolute atomic E-state index is 12.2. The number of oxime groups is 1. The van der Waals surface area contributed by atoms with Gasteiger partial charge >= 0.3 is 12.2 Å². The maximum atomic E-state index is 12.2. The topological polar surface area (TPSA) is 89.5 Å². The molecule has 0 bridgehead atoms. The standard InChI is InChI=1S/C16H29N3O5/c1-15(2,3)23-13(20)17-11-8-9-19(10-12(11)18-22-7)14(21)24-16(4,5)6/h11H,8-10H2,1-7H3,(H,17,20)/b18-12+. The Balaban J connectivity index is 2.71. The van der Waals surface area contributed by atoms with Crippen molar-refractivity contribution in [2.24, 2.45) is 5.16 Å². The molecule has 1 aliphatic heterocycles. The number of carbonyl (C=O) groups is 2. The van der Waals surface area contributed by atoms with Crippen LogP contribution in [0.4, 0.5) is 9.59 Å². The van der Waals surface area contributed by atoms with Crippen LogP contribution in [0.1, 0.15) is 48.0 Å². The first-order valence-electron chi connectivity index (χ1n) is 7.98. The van der Waals surface area contributed by atoms with Gasteiger partial charge in [0.25, 0.3) is 0 Å². The molecule has 1 atom stereocenters. The predicted octanol–water partition coefficient (Wildman–Crippen LogP) is 2.52. The smallest absolute Gasteiger partial charge is 0.410 e. The van der Waals surface area contributed by atoms with Crippen LogP contribution >= 0.6 is 0 Å². The van der Waals surface area contributed by atoms with Gasteiger partial charge in [0.1, 0.15) is 18.3 Å². The summed E-state index contributed by atoms with van der Waals surface area (Å²) in [4.78, 5) is 30.5. The van der Waals surface area contributed by atoms with E-state index < -0.39 is 23.4 Å². The molecule has 8 nitrogen and oxygen atoms in total. The lowest BCUT2D eigenvalue weighted by atomic mass is 10.0. The van der Waals surface area contributed by atoms with Crippen molar-refractivity contribution in [3.05, 3.63) is 0 Å². The fourth-order valence-corrected chi connectivity index (χ4v) is 2.13. The van der Waals surface area contributed by atoms with E-state index in [0.29, 0.717) is 18.7 Å². The fourth-order valence-electron chi connectivity index (χ4n) is 2.13. The van der Waals surface area contributed by atoms with E-state index in [0.717, 1.165) is 0 Å². The molecule has 2 amide bonds. The first-order chi connectivity index (χ1) is 10.9. The first kappa shape index (κ1) is 20.1. The molecule has 1 saturated heterocycles. The number of carbonyl (C=O) groups excluding carboxylic acids is 2. The summed E-state index contributed by atoms with van der Waals surface area (Å²) < 4.78 is 10.6. The average Bonchev–Trinajstić information content (AvgIpc) is 2.36. The number of hydrogen-bond donors (Lipinski definition) is 1. The molecule has 0 aliphatic carbocycles. The highest BCUT2D eigenvalue weighted by Crippen LogP contribution is 2.15. The highest BCUT2D eigenvalue weighted by molar-refractivity contribution is 5.95. The van der Waals surface area contributed by atoms with Crippen LogP contribution < -0.4 is 5.32 Å². The number of alkyl carbamates (subject to hydrolysis) is 1. The monoisotopic (exact) mass is 343 g/mol. The summed E-state index contributed by atoms with van der Waals surface area (Å²) >= 11 is 0. The summed E-state index contributed by atoms with van der Waals surface area (Å²) in [6, 6.07) is -0.349. The highest BCUT2D eigenvalue weighted by atomic mass is 16.6. The van der Waals surface area contributed by atoms with Gasteiger partial charge in [-0.1, -0.05) is 5.16 Å². The van der Waals surface area contributed by atoms with E-state index in [9.17, 15) is 9.59 Å². The van der Waals surface area contributed by atoms with Crippen molar-refractivity contribution in [3.63, 3.8) is 0 Å². The summed E-state index contributed by atoms with van der Waals surface area (Å²) in [5, 5.41) is 6.71. The third-order valence-corrected chi connectivity index (χ3v) is 2.99. The highest BCUT2D eigenvalue weighted by Gasteiger charge is 2.33. The fraction of sp³-hybridized carbons (Fsp3) is 0.812. The molecule has 0 radical (unpaired) electrons. The third-order valence-electron chi connectivity index (χ3n) is 2.99. The number of ether oxygens (including phenoxy) is 2. The minimum absolute atomic E-state index is 0.225. The lowest BCUT2D eigenvalue weighted by molar-refractivity contribution is 0.0255. The van der Waals surface area contributed by atoms with Crippen molar-refractivity contribution in [1.82, 2.24) is 10.2 Å². The van der Waals surface area contributed by atoms with Crippen molar-refractivity contribution in [3.8, 4) is 0 Å². The van der Waals surface area contributed by atoms with Gasteiger partial charge in [0.2, 0.25) is 0 Å². The molecular weight excluding hydrogens is 314 g/mol. The van der Waals surface area contributed by atoms with E-state index in [1.807, 2.05) is 20.8 Å². The summed E-state index contributed by atoms with van der Waals surface area (Å²) in [5.74, 6) is 0. The van der Waals surface area contributed by atoms with Crippen LogP contribution in [0.3, 0.4) is 0 Å². The van der Waals surface area contributed by atoms with Crippen molar-refractivity contribution in [2.75, 3.05) is 20.2 Å². The largest absolute Gasteiger partial charge is 0.444 e. The molecule has 1 unspecified atom stereocenters. The van der Waals surface area contributed by atoms with E-state index in [1.54, 1.807) is 20.8 Å². The molecule has 1 heterocycles. The Morgan fingerprint density at radius 2 is 1.71 bits per heavy atom. The number of rotatable bonds is 2. The number of hydrogen-bond acceptors (Lipinski definition) is 6. The summed E-state index contributed by atoms with van der Waals surface area (Å²) in [5.41, 5.74) is -0.610. The number of amides is 2. The molecule has 0 aromatic rings. The lowest BCUT2D eigenvalue weighted by Crippen LogP contribution is -2.54. The molecule has 0 spiro atoms. The minimum atomic E-state index is -0.583. The zero-order valence-electron chi connectivity index (χ0n) is 15.6. The Kier molecular flexibility index (Phi) is 6.45. The van der Waals surface area contributed by atoms with Gasteiger partial charge in [-0.05, 0) is 48.0 Å². The molecule has 8 heteroatoms. The van der Waals surface area contributed by atoms with Crippen molar-refractivity contribution >= 4 is 17.9 Å². The molecule has 1 N–H and O–H groups in total. The number of nitrogens with zero attached hydrogens (tertiary/aromatic N) is 2. The summed E-state index contributed by atoms with van der Waals surface area (Å²) in [6.45, 7) is 11.5. The van der Waals surface area contributed by atoms with Crippen LogP contribution in [-0.4, -0.2) is 60.2 Å². The number of nitrogens with one attached hydrogen (secondary N) is 1. The van der Waals surface area contributed by atoms with Crippen molar-refractivity contribution in [1.29, 1.82) is 0 Å². The van der Waals surface area contributed by atoms with Crippen molar-refractivity contribution < 1.29 is 23.9 Å². The van der Waals surface area contributed by atoms with Crippen LogP contribution in [0.2, 0.25) is 0 Å². The molecule has 1 fully saturated rings. The van der Waals surface area contributed by atoms with Gasteiger partial charge in [-0.15, -0.1) is 0 Å². The Bertz CT molecular complexity index is 491. The molecule has 1 aliphatic rings. The Morgan fingerprint density at radius 1 is 1.12 bits per heavy atom. The van der Waals surface area contributed by atoms with Crippen LogP contribution in [0.25, 0.3) is 0 Å². The summed E-state index contributed by atoms with van der Waals surface area (Å²) in [7, 11) is 1.42. The molecule has 0 saturated carbocycles. The van der Waals surface area contributed by atoms with E-state index in [-0.39, 0.29) is 12.6 Å².